The van der Waals surface area contributed by atoms with Gasteiger partial charge in [-0.05, 0) is 30.9 Å². The first kappa shape index (κ1) is 11.4. The van der Waals surface area contributed by atoms with Crippen LogP contribution in [0.4, 0.5) is 5.69 Å². The van der Waals surface area contributed by atoms with E-state index < -0.39 is 5.54 Å². The summed E-state index contributed by atoms with van der Waals surface area (Å²) in [7, 11) is 2.02. The van der Waals surface area contributed by atoms with Crippen molar-refractivity contribution in [3.05, 3.63) is 30.3 Å². The van der Waals surface area contributed by atoms with E-state index in [2.05, 4.69) is 17.0 Å². The molecule has 88 valence electrons. The highest BCUT2D eigenvalue weighted by molar-refractivity contribution is 5.45. The average Bonchev–Trinajstić information content (AvgIpc) is 3.14. The predicted molar refractivity (Wildman–Crippen MR) is 66.4 cm³/mol. The van der Waals surface area contributed by atoms with Crippen molar-refractivity contribution in [2.45, 2.75) is 18.4 Å². The lowest BCUT2D eigenvalue weighted by atomic mass is 9.95. The molecule has 3 heteroatoms. The minimum Gasteiger partial charge on any atom is -0.394 e. The lowest BCUT2D eigenvalue weighted by Crippen LogP contribution is -2.54. The molecule has 1 unspecified atom stereocenters. The van der Waals surface area contributed by atoms with Gasteiger partial charge >= 0.3 is 0 Å². The Morgan fingerprint density at radius 2 is 2.00 bits per heavy atom. The number of likely N-dealkylation sites (N-methyl/N-ethyl adjacent to an activating group) is 1. The molecule has 3 N–H and O–H groups in total. The molecule has 0 aromatic heterocycles. The second-order valence-electron chi connectivity index (χ2n) is 4.86. The Balaban J connectivity index is 2.03. The number of anilines is 1. The van der Waals surface area contributed by atoms with E-state index in [9.17, 15) is 5.11 Å². The standard InChI is InChI=1S/C13H20N2O/c1-15(12-5-3-2-4-6-12)9-13(14,10-16)11-7-8-11/h2-6,11,16H,7-10,14H2,1H3. The van der Waals surface area contributed by atoms with Crippen LogP contribution in [0.5, 0.6) is 0 Å². The number of aliphatic hydroxyl groups excluding tert-OH is 1. The molecule has 0 bridgehead atoms. The molecule has 1 aromatic carbocycles. The fourth-order valence-electron chi connectivity index (χ4n) is 2.18. The van der Waals surface area contributed by atoms with Gasteiger partial charge in [0.05, 0.1) is 12.1 Å². The molecule has 1 fully saturated rings. The summed E-state index contributed by atoms with van der Waals surface area (Å²) < 4.78 is 0. The van der Waals surface area contributed by atoms with Crippen LogP contribution in [0.25, 0.3) is 0 Å². The maximum Gasteiger partial charge on any atom is 0.0631 e. The number of nitrogens with zero attached hydrogens (tertiary/aromatic N) is 1. The molecule has 0 aliphatic heterocycles. The highest BCUT2D eigenvalue weighted by atomic mass is 16.3. The van der Waals surface area contributed by atoms with Crippen molar-refractivity contribution in [3.8, 4) is 0 Å². The molecule has 3 nitrogen and oxygen atoms in total. The van der Waals surface area contributed by atoms with Gasteiger partial charge in [0.1, 0.15) is 0 Å². The summed E-state index contributed by atoms with van der Waals surface area (Å²) in [6.45, 7) is 0.771. The molecule has 0 amide bonds. The summed E-state index contributed by atoms with van der Waals surface area (Å²) in [5, 5.41) is 9.44. The maximum absolute atomic E-state index is 9.44. The summed E-state index contributed by atoms with van der Waals surface area (Å²) in [6.07, 6.45) is 2.30. The number of rotatable bonds is 5. The summed E-state index contributed by atoms with van der Waals surface area (Å²) in [5.74, 6) is 0.490. The highest BCUT2D eigenvalue weighted by Crippen LogP contribution is 2.38. The summed E-state index contributed by atoms with van der Waals surface area (Å²) in [6, 6.07) is 10.1. The minimum atomic E-state index is -0.440. The first-order chi connectivity index (χ1) is 7.65. The van der Waals surface area contributed by atoms with Gasteiger partial charge in [-0.1, -0.05) is 18.2 Å². The van der Waals surface area contributed by atoms with Crippen LogP contribution in [0.2, 0.25) is 0 Å². The molecule has 1 aliphatic rings. The van der Waals surface area contributed by atoms with Crippen molar-refractivity contribution in [2.75, 3.05) is 25.1 Å². The van der Waals surface area contributed by atoms with Gasteiger partial charge in [-0.15, -0.1) is 0 Å². The molecule has 2 rings (SSSR count). The fourth-order valence-corrected chi connectivity index (χ4v) is 2.18. The van der Waals surface area contributed by atoms with Gasteiger partial charge < -0.3 is 15.7 Å². The van der Waals surface area contributed by atoms with Crippen molar-refractivity contribution >= 4 is 5.69 Å². The Kier molecular flexibility index (Phi) is 3.17. The van der Waals surface area contributed by atoms with E-state index in [0.29, 0.717) is 12.5 Å². The van der Waals surface area contributed by atoms with Gasteiger partial charge in [-0.2, -0.15) is 0 Å². The van der Waals surface area contributed by atoms with Gasteiger partial charge in [0, 0.05) is 19.3 Å². The maximum atomic E-state index is 9.44. The zero-order valence-corrected chi connectivity index (χ0v) is 9.76. The first-order valence-electron chi connectivity index (χ1n) is 5.81. The third-order valence-corrected chi connectivity index (χ3v) is 3.41. The number of aliphatic hydroxyl groups is 1. The summed E-state index contributed by atoms with van der Waals surface area (Å²) in [5.41, 5.74) is 6.95. The van der Waals surface area contributed by atoms with E-state index in [-0.39, 0.29) is 6.61 Å². The molecular formula is C13H20N2O. The lowest BCUT2D eigenvalue weighted by molar-refractivity contribution is 0.181. The smallest absolute Gasteiger partial charge is 0.0631 e. The second kappa shape index (κ2) is 4.44. The molecule has 1 atom stereocenters. The molecule has 1 aliphatic carbocycles. The first-order valence-corrected chi connectivity index (χ1v) is 5.81. The van der Waals surface area contributed by atoms with Crippen LogP contribution in [0.1, 0.15) is 12.8 Å². The zero-order chi connectivity index (χ0) is 11.6. The number of benzene rings is 1. The Morgan fingerprint density at radius 3 is 2.50 bits per heavy atom. The van der Waals surface area contributed by atoms with Crippen LogP contribution < -0.4 is 10.6 Å². The van der Waals surface area contributed by atoms with Gasteiger partial charge in [-0.3, -0.25) is 0 Å². The number of hydrogen-bond donors (Lipinski definition) is 2. The van der Waals surface area contributed by atoms with E-state index in [1.54, 1.807) is 0 Å². The van der Waals surface area contributed by atoms with Gasteiger partial charge in [0.15, 0.2) is 0 Å². The van der Waals surface area contributed by atoms with Crippen LogP contribution in [-0.2, 0) is 0 Å². The van der Waals surface area contributed by atoms with Crippen molar-refractivity contribution in [1.82, 2.24) is 0 Å². The van der Waals surface area contributed by atoms with Crippen LogP contribution in [0, 0.1) is 5.92 Å². The normalized spacial score (nSPS) is 19.2. The second-order valence-corrected chi connectivity index (χ2v) is 4.86. The number of para-hydroxylation sites is 1. The van der Waals surface area contributed by atoms with Crippen LogP contribution in [0.3, 0.4) is 0 Å². The van der Waals surface area contributed by atoms with Crippen molar-refractivity contribution in [3.63, 3.8) is 0 Å². The summed E-state index contributed by atoms with van der Waals surface area (Å²) >= 11 is 0. The zero-order valence-electron chi connectivity index (χ0n) is 9.76. The lowest BCUT2D eigenvalue weighted by Gasteiger charge is -2.33. The molecular weight excluding hydrogens is 200 g/mol. The summed E-state index contributed by atoms with van der Waals surface area (Å²) in [4.78, 5) is 2.12. The molecule has 1 saturated carbocycles. The van der Waals surface area contributed by atoms with E-state index in [1.165, 1.54) is 0 Å². The molecule has 0 heterocycles. The van der Waals surface area contributed by atoms with Crippen LogP contribution in [0.15, 0.2) is 30.3 Å². The fraction of sp³-hybridized carbons (Fsp3) is 0.538. The molecule has 0 radical (unpaired) electrons. The quantitative estimate of drug-likeness (QED) is 0.784. The highest BCUT2D eigenvalue weighted by Gasteiger charge is 2.42. The monoisotopic (exact) mass is 220 g/mol. The Hall–Kier alpha value is -1.06. The van der Waals surface area contributed by atoms with E-state index in [1.807, 2.05) is 25.2 Å². The number of nitrogens with two attached hydrogens (primary N) is 1. The minimum absolute atomic E-state index is 0.0643. The van der Waals surface area contributed by atoms with Crippen LogP contribution in [-0.4, -0.2) is 30.8 Å². The topological polar surface area (TPSA) is 49.5 Å². The van der Waals surface area contributed by atoms with Crippen molar-refractivity contribution < 1.29 is 5.11 Å². The Labute approximate surface area is 96.9 Å². The third kappa shape index (κ3) is 2.36. The van der Waals surface area contributed by atoms with E-state index in [4.69, 9.17) is 5.73 Å². The van der Waals surface area contributed by atoms with E-state index >= 15 is 0 Å². The predicted octanol–water partition coefficient (Wildman–Crippen LogP) is 1.22. The molecule has 16 heavy (non-hydrogen) atoms. The Morgan fingerprint density at radius 1 is 1.38 bits per heavy atom. The average molecular weight is 220 g/mol. The Bertz CT molecular complexity index is 337. The van der Waals surface area contributed by atoms with E-state index in [0.717, 1.165) is 18.5 Å². The molecule has 1 aromatic rings. The largest absolute Gasteiger partial charge is 0.394 e. The molecule has 0 spiro atoms. The van der Waals surface area contributed by atoms with Crippen molar-refractivity contribution in [1.29, 1.82) is 0 Å². The van der Waals surface area contributed by atoms with Crippen molar-refractivity contribution in [2.24, 2.45) is 11.7 Å². The number of hydrogen-bond acceptors (Lipinski definition) is 3. The van der Waals surface area contributed by atoms with Gasteiger partial charge in [0.2, 0.25) is 0 Å². The van der Waals surface area contributed by atoms with Gasteiger partial charge in [0.25, 0.3) is 0 Å². The molecule has 0 saturated heterocycles. The SMILES string of the molecule is CN(CC(N)(CO)C1CC1)c1ccccc1. The third-order valence-electron chi connectivity index (χ3n) is 3.41. The van der Waals surface area contributed by atoms with Crippen LogP contribution >= 0.6 is 0 Å². The van der Waals surface area contributed by atoms with Gasteiger partial charge in [-0.25, -0.2) is 0 Å².